The number of para-hydroxylation sites is 1. The van der Waals surface area contributed by atoms with Gasteiger partial charge < -0.3 is 5.32 Å². The number of hydrogen-bond donors (Lipinski definition) is 1. The predicted octanol–water partition coefficient (Wildman–Crippen LogP) is 2.82. The van der Waals surface area contributed by atoms with Crippen molar-refractivity contribution >= 4 is 17.3 Å². The summed E-state index contributed by atoms with van der Waals surface area (Å²) in [6.45, 7) is 0. The molecule has 0 atom stereocenters. The van der Waals surface area contributed by atoms with E-state index in [-0.39, 0.29) is 0 Å². The summed E-state index contributed by atoms with van der Waals surface area (Å²) < 4.78 is 0. The molecule has 0 spiro atoms. The topological polar surface area (TPSA) is 12.0 Å². The first-order chi connectivity index (χ1) is 5.38. The minimum atomic E-state index is 0.798. The van der Waals surface area contributed by atoms with E-state index in [4.69, 9.17) is 11.6 Å². The lowest BCUT2D eigenvalue weighted by atomic mass is 10.1. The predicted molar refractivity (Wildman–Crippen MR) is 47.9 cm³/mol. The number of halogens is 1. The van der Waals surface area contributed by atoms with E-state index in [2.05, 4.69) is 17.5 Å². The summed E-state index contributed by atoms with van der Waals surface area (Å²) in [5.41, 5.74) is 2.32. The third-order valence-electron chi connectivity index (χ3n) is 1.78. The van der Waals surface area contributed by atoms with Gasteiger partial charge in [-0.2, -0.15) is 0 Å². The van der Waals surface area contributed by atoms with Crippen LogP contribution in [0.3, 0.4) is 0 Å². The fourth-order valence-electron chi connectivity index (χ4n) is 1.23. The molecule has 1 aromatic rings. The van der Waals surface area contributed by atoms with Gasteiger partial charge in [-0.25, -0.2) is 0 Å². The van der Waals surface area contributed by atoms with Crippen LogP contribution in [0.25, 0.3) is 0 Å². The van der Waals surface area contributed by atoms with Crippen molar-refractivity contribution in [2.75, 3.05) is 5.32 Å². The average Bonchev–Trinajstić information content (AvgIpc) is 2.06. The van der Waals surface area contributed by atoms with E-state index in [1.807, 2.05) is 18.3 Å². The highest BCUT2D eigenvalue weighted by Crippen LogP contribution is 2.28. The molecule has 0 unspecified atom stereocenters. The van der Waals surface area contributed by atoms with Crippen LogP contribution in [0, 0.1) is 0 Å². The smallest absolute Gasteiger partial charge is 0.0643 e. The van der Waals surface area contributed by atoms with Crippen molar-refractivity contribution in [3.8, 4) is 0 Å². The molecule has 1 heterocycles. The van der Waals surface area contributed by atoms with Crippen molar-refractivity contribution in [1.29, 1.82) is 0 Å². The molecule has 0 saturated heterocycles. The summed E-state index contributed by atoms with van der Waals surface area (Å²) in [5.74, 6) is 0. The first kappa shape index (κ1) is 6.74. The standard InChI is InChI=1S/C9H8ClN/c10-8-5-1-3-7-4-2-6-11-9(7)8/h1-3,5-6,11H,4H2. The Balaban J connectivity index is 2.54. The van der Waals surface area contributed by atoms with Crippen molar-refractivity contribution < 1.29 is 0 Å². The maximum atomic E-state index is 5.95. The lowest BCUT2D eigenvalue weighted by Gasteiger charge is -2.13. The number of allylic oxidation sites excluding steroid dienone is 1. The van der Waals surface area contributed by atoms with E-state index >= 15 is 0 Å². The quantitative estimate of drug-likeness (QED) is 0.624. The number of hydrogen-bond acceptors (Lipinski definition) is 1. The summed E-state index contributed by atoms with van der Waals surface area (Å²) >= 11 is 5.95. The zero-order chi connectivity index (χ0) is 7.68. The highest BCUT2D eigenvalue weighted by Gasteiger charge is 2.06. The van der Waals surface area contributed by atoms with Crippen LogP contribution in [-0.4, -0.2) is 0 Å². The van der Waals surface area contributed by atoms with Crippen molar-refractivity contribution in [2.45, 2.75) is 6.42 Å². The second-order valence-electron chi connectivity index (χ2n) is 2.52. The molecular weight excluding hydrogens is 158 g/mol. The fraction of sp³-hybridized carbons (Fsp3) is 0.111. The highest BCUT2D eigenvalue weighted by atomic mass is 35.5. The molecule has 2 rings (SSSR count). The number of nitrogens with one attached hydrogen (secondary N) is 1. The molecular formula is C9H8ClN. The first-order valence-electron chi connectivity index (χ1n) is 3.57. The average molecular weight is 166 g/mol. The molecule has 1 aromatic carbocycles. The van der Waals surface area contributed by atoms with Crippen LogP contribution in [0.2, 0.25) is 5.02 Å². The van der Waals surface area contributed by atoms with Crippen LogP contribution in [0.5, 0.6) is 0 Å². The van der Waals surface area contributed by atoms with E-state index in [0.717, 1.165) is 17.1 Å². The van der Waals surface area contributed by atoms with Crippen LogP contribution >= 0.6 is 11.6 Å². The zero-order valence-electron chi connectivity index (χ0n) is 5.97. The fourth-order valence-corrected chi connectivity index (χ4v) is 1.48. The Morgan fingerprint density at radius 2 is 2.27 bits per heavy atom. The van der Waals surface area contributed by atoms with Crippen LogP contribution in [-0.2, 0) is 6.42 Å². The normalized spacial score (nSPS) is 13.9. The van der Waals surface area contributed by atoms with Crippen LogP contribution in [0.15, 0.2) is 30.5 Å². The van der Waals surface area contributed by atoms with Crippen molar-refractivity contribution in [2.24, 2.45) is 0 Å². The highest BCUT2D eigenvalue weighted by molar-refractivity contribution is 6.33. The maximum Gasteiger partial charge on any atom is 0.0643 e. The maximum absolute atomic E-state index is 5.95. The summed E-state index contributed by atoms with van der Waals surface area (Å²) in [5, 5.41) is 3.92. The van der Waals surface area contributed by atoms with E-state index in [0.29, 0.717) is 0 Å². The van der Waals surface area contributed by atoms with Gasteiger partial charge in [0, 0.05) is 0 Å². The van der Waals surface area contributed by atoms with E-state index in [9.17, 15) is 0 Å². The molecule has 0 fully saturated rings. The molecule has 1 aliphatic heterocycles. The van der Waals surface area contributed by atoms with Crippen LogP contribution in [0.4, 0.5) is 5.69 Å². The van der Waals surface area contributed by atoms with Crippen LogP contribution in [0.1, 0.15) is 5.56 Å². The molecule has 0 saturated carbocycles. The lowest BCUT2D eigenvalue weighted by Crippen LogP contribution is -1.99. The molecule has 56 valence electrons. The summed E-state index contributed by atoms with van der Waals surface area (Å²) in [6.07, 6.45) is 4.98. The molecule has 1 N–H and O–H groups in total. The van der Waals surface area contributed by atoms with E-state index in [1.165, 1.54) is 5.56 Å². The summed E-state index contributed by atoms with van der Waals surface area (Å²) in [6, 6.07) is 5.95. The summed E-state index contributed by atoms with van der Waals surface area (Å²) in [4.78, 5) is 0. The molecule has 1 nitrogen and oxygen atoms in total. The van der Waals surface area contributed by atoms with Crippen molar-refractivity contribution in [3.63, 3.8) is 0 Å². The molecule has 0 amide bonds. The Kier molecular flexibility index (Phi) is 1.59. The number of fused-ring (bicyclic) bond motifs is 1. The van der Waals surface area contributed by atoms with Gasteiger partial charge in [0.15, 0.2) is 0 Å². The van der Waals surface area contributed by atoms with E-state index < -0.39 is 0 Å². The summed E-state index contributed by atoms with van der Waals surface area (Å²) in [7, 11) is 0. The molecule has 0 bridgehead atoms. The Hall–Kier alpha value is -0.950. The third kappa shape index (κ3) is 1.12. The Morgan fingerprint density at radius 3 is 3.09 bits per heavy atom. The first-order valence-corrected chi connectivity index (χ1v) is 3.94. The monoisotopic (exact) mass is 165 g/mol. The Labute approximate surface area is 70.7 Å². The van der Waals surface area contributed by atoms with Gasteiger partial charge in [-0.1, -0.05) is 29.8 Å². The number of rotatable bonds is 0. The molecule has 2 heteroatoms. The van der Waals surface area contributed by atoms with Gasteiger partial charge in [-0.15, -0.1) is 0 Å². The minimum absolute atomic E-state index is 0.798. The molecule has 0 radical (unpaired) electrons. The van der Waals surface area contributed by atoms with Gasteiger partial charge in [0.25, 0.3) is 0 Å². The molecule has 0 aromatic heterocycles. The number of anilines is 1. The molecule has 1 aliphatic rings. The van der Waals surface area contributed by atoms with Gasteiger partial charge in [0.2, 0.25) is 0 Å². The second-order valence-corrected chi connectivity index (χ2v) is 2.93. The second kappa shape index (κ2) is 2.59. The van der Waals surface area contributed by atoms with E-state index in [1.54, 1.807) is 0 Å². The lowest BCUT2D eigenvalue weighted by molar-refractivity contribution is 1.22. The third-order valence-corrected chi connectivity index (χ3v) is 2.10. The zero-order valence-corrected chi connectivity index (χ0v) is 6.73. The largest absolute Gasteiger partial charge is 0.361 e. The molecule has 11 heavy (non-hydrogen) atoms. The number of benzene rings is 1. The van der Waals surface area contributed by atoms with Gasteiger partial charge in [-0.05, 0) is 24.3 Å². The van der Waals surface area contributed by atoms with Gasteiger partial charge in [-0.3, -0.25) is 0 Å². The van der Waals surface area contributed by atoms with Gasteiger partial charge >= 0.3 is 0 Å². The Morgan fingerprint density at radius 1 is 1.36 bits per heavy atom. The Bertz CT molecular complexity index is 304. The SMILES string of the molecule is Clc1cccc2c1NC=CC2. The van der Waals surface area contributed by atoms with Gasteiger partial charge in [0.05, 0.1) is 10.7 Å². The molecule has 0 aliphatic carbocycles. The van der Waals surface area contributed by atoms with Crippen molar-refractivity contribution in [1.82, 2.24) is 0 Å². The van der Waals surface area contributed by atoms with Crippen molar-refractivity contribution in [3.05, 3.63) is 41.1 Å². The van der Waals surface area contributed by atoms with Gasteiger partial charge in [0.1, 0.15) is 0 Å². The van der Waals surface area contributed by atoms with Crippen LogP contribution < -0.4 is 5.32 Å². The minimum Gasteiger partial charge on any atom is -0.361 e.